The van der Waals surface area contributed by atoms with E-state index in [1.54, 1.807) is 0 Å². The summed E-state index contributed by atoms with van der Waals surface area (Å²) in [7, 11) is 0. The van der Waals surface area contributed by atoms with Crippen molar-refractivity contribution in [2.75, 3.05) is 0 Å². The van der Waals surface area contributed by atoms with E-state index in [9.17, 15) is 5.11 Å². The third-order valence-corrected chi connectivity index (χ3v) is 1.98. The van der Waals surface area contributed by atoms with Gasteiger partial charge in [-0.3, -0.25) is 0 Å². The lowest BCUT2D eigenvalue weighted by Gasteiger charge is -2.18. The highest BCUT2D eigenvalue weighted by Crippen LogP contribution is 2.07. The van der Waals surface area contributed by atoms with Crippen LogP contribution in [0.3, 0.4) is 0 Å². The third kappa shape index (κ3) is 3.54. The molecule has 0 aromatic rings. The number of hydrogen-bond donors (Lipinski definition) is 2. The zero-order valence-electron chi connectivity index (χ0n) is 7.67. The Bertz CT molecular complexity index is 132. The Morgan fingerprint density at radius 2 is 2.18 bits per heavy atom. The molecule has 2 unspecified atom stereocenters. The Hall–Kier alpha value is -0.340. The first-order chi connectivity index (χ1) is 5.13. The second-order valence-corrected chi connectivity index (χ2v) is 2.91. The Morgan fingerprint density at radius 1 is 1.64 bits per heavy atom. The fourth-order valence-electron chi connectivity index (χ4n) is 0.971. The van der Waals surface area contributed by atoms with Crippen LogP contribution in [-0.4, -0.2) is 17.3 Å². The SMILES string of the molecule is C/C=C(\C)C(N)C(O)CCC. The summed E-state index contributed by atoms with van der Waals surface area (Å²) in [5.41, 5.74) is 6.80. The van der Waals surface area contributed by atoms with E-state index in [4.69, 9.17) is 5.73 Å². The highest BCUT2D eigenvalue weighted by Gasteiger charge is 2.13. The van der Waals surface area contributed by atoms with Crippen LogP contribution < -0.4 is 5.73 Å². The predicted octanol–water partition coefficient (Wildman–Crippen LogP) is 1.44. The first-order valence-corrected chi connectivity index (χ1v) is 4.19. The molecule has 0 bridgehead atoms. The van der Waals surface area contributed by atoms with E-state index in [1.807, 2.05) is 26.8 Å². The minimum Gasteiger partial charge on any atom is -0.391 e. The van der Waals surface area contributed by atoms with E-state index in [-0.39, 0.29) is 12.1 Å². The number of aliphatic hydroxyl groups excluding tert-OH is 1. The van der Waals surface area contributed by atoms with Crippen LogP contribution in [-0.2, 0) is 0 Å². The summed E-state index contributed by atoms with van der Waals surface area (Å²) >= 11 is 0. The molecule has 0 aliphatic heterocycles. The van der Waals surface area contributed by atoms with Gasteiger partial charge in [0.1, 0.15) is 0 Å². The molecule has 0 aliphatic carbocycles. The second kappa shape index (κ2) is 5.33. The lowest BCUT2D eigenvalue weighted by molar-refractivity contribution is 0.146. The van der Waals surface area contributed by atoms with Crippen molar-refractivity contribution < 1.29 is 5.11 Å². The van der Waals surface area contributed by atoms with Crippen LogP contribution in [0.2, 0.25) is 0 Å². The van der Waals surface area contributed by atoms with E-state index in [0.717, 1.165) is 18.4 Å². The van der Waals surface area contributed by atoms with E-state index < -0.39 is 0 Å². The fourth-order valence-corrected chi connectivity index (χ4v) is 0.971. The van der Waals surface area contributed by atoms with Gasteiger partial charge < -0.3 is 10.8 Å². The summed E-state index contributed by atoms with van der Waals surface area (Å²) in [5.74, 6) is 0. The van der Waals surface area contributed by atoms with Gasteiger partial charge in [-0.1, -0.05) is 25.0 Å². The molecule has 0 saturated carbocycles. The van der Waals surface area contributed by atoms with E-state index in [0.29, 0.717) is 0 Å². The number of hydrogen-bond acceptors (Lipinski definition) is 2. The molecule has 0 aliphatic rings. The van der Waals surface area contributed by atoms with Gasteiger partial charge >= 0.3 is 0 Å². The minimum absolute atomic E-state index is 0.181. The maximum absolute atomic E-state index is 9.45. The van der Waals surface area contributed by atoms with Gasteiger partial charge in [-0.2, -0.15) is 0 Å². The second-order valence-electron chi connectivity index (χ2n) is 2.91. The molecule has 66 valence electrons. The smallest absolute Gasteiger partial charge is 0.0729 e. The molecule has 0 aromatic heterocycles. The summed E-state index contributed by atoms with van der Waals surface area (Å²) in [6.07, 6.45) is 3.33. The number of allylic oxidation sites excluding steroid dienone is 1. The molecule has 0 radical (unpaired) electrons. The van der Waals surface area contributed by atoms with Crippen molar-refractivity contribution in [1.82, 2.24) is 0 Å². The van der Waals surface area contributed by atoms with E-state index >= 15 is 0 Å². The van der Waals surface area contributed by atoms with Crippen molar-refractivity contribution in [3.05, 3.63) is 11.6 Å². The Balaban J connectivity index is 3.91. The van der Waals surface area contributed by atoms with Crippen molar-refractivity contribution >= 4 is 0 Å². The molecule has 0 saturated heterocycles. The molecular formula is C9H19NO. The fraction of sp³-hybridized carbons (Fsp3) is 0.778. The number of rotatable bonds is 4. The standard InChI is InChI=1S/C9H19NO/c1-4-6-8(11)9(10)7(3)5-2/h5,8-9,11H,4,6,10H2,1-3H3/b7-5+. The highest BCUT2D eigenvalue weighted by atomic mass is 16.3. The quantitative estimate of drug-likeness (QED) is 0.607. The Morgan fingerprint density at radius 3 is 2.55 bits per heavy atom. The van der Waals surface area contributed by atoms with Crippen LogP contribution >= 0.6 is 0 Å². The van der Waals surface area contributed by atoms with Crippen molar-refractivity contribution in [2.45, 2.75) is 45.8 Å². The number of nitrogens with two attached hydrogens (primary N) is 1. The van der Waals surface area contributed by atoms with Crippen LogP contribution in [0.1, 0.15) is 33.6 Å². The molecule has 2 atom stereocenters. The highest BCUT2D eigenvalue weighted by molar-refractivity contribution is 5.07. The van der Waals surface area contributed by atoms with Gasteiger partial charge in [0.25, 0.3) is 0 Å². The lowest BCUT2D eigenvalue weighted by atomic mass is 10.0. The summed E-state index contributed by atoms with van der Waals surface area (Å²) in [6, 6.07) is -0.181. The van der Waals surface area contributed by atoms with Crippen LogP contribution in [0.4, 0.5) is 0 Å². The van der Waals surface area contributed by atoms with Crippen molar-refractivity contribution in [3.63, 3.8) is 0 Å². The van der Waals surface area contributed by atoms with Gasteiger partial charge in [-0.25, -0.2) is 0 Å². The van der Waals surface area contributed by atoms with Gasteiger partial charge in [0.05, 0.1) is 12.1 Å². The zero-order chi connectivity index (χ0) is 8.85. The van der Waals surface area contributed by atoms with E-state index in [1.165, 1.54) is 0 Å². The molecule has 3 N–H and O–H groups in total. The van der Waals surface area contributed by atoms with E-state index in [2.05, 4.69) is 0 Å². The van der Waals surface area contributed by atoms with Crippen molar-refractivity contribution in [1.29, 1.82) is 0 Å². The van der Waals surface area contributed by atoms with Crippen molar-refractivity contribution in [3.8, 4) is 0 Å². The Kier molecular flexibility index (Phi) is 5.16. The maximum atomic E-state index is 9.45. The topological polar surface area (TPSA) is 46.2 Å². The van der Waals surface area contributed by atoms with Gasteiger partial charge in [-0.15, -0.1) is 0 Å². The number of aliphatic hydroxyl groups is 1. The summed E-state index contributed by atoms with van der Waals surface area (Å²) < 4.78 is 0. The maximum Gasteiger partial charge on any atom is 0.0729 e. The summed E-state index contributed by atoms with van der Waals surface area (Å²) in [5, 5.41) is 9.45. The third-order valence-electron chi connectivity index (χ3n) is 1.98. The molecule has 0 rings (SSSR count). The average molecular weight is 157 g/mol. The largest absolute Gasteiger partial charge is 0.391 e. The van der Waals surface area contributed by atoms with Gasteiger partial charge in [0.15, 0.2) is 0 Å². The van der Waals surface area contributed by atoms with Crippen LogP contribution in [0, 0.1) is 0 Å². The molecule has 2 nitrogen and oxygen atoms in total. The molecule has 0 aromatic carbocycles. The molecule has 0 heterocycles. The van der Waals surface area contributed by atoms with Crippen molar-refractivity contribution in [2.24, 2.45) is 5.73 Å². The van der Waals surface area contributed by atoms with Gasteiger partial charge in [0.2, 0.25) is 0 Å². The van der Waals surface area contributed by atoms with Crippen LogP contribution in [0.15, 0.2) is 11.6 Å². The first-order valence-electron chi connectivity index (χ1n) is 4.19. The molecule has 0 amide bonds. The summed E-state index contributed by atoms with van der Waals surface area (Å²) in [4.78, 5) is 0. The van der Waals surface area contributed by atoms with Crippen LogP contribution in [0.5, 0.6) is 0 Å². The summed E-state index contributed by atoms with van der Waals surface area (Å²) in [6.45, 7) is 5.93. The van der Waals surface area contributed by atoms with Crippen LogP contribution in [0.25, 0.3) is 0 Å². The van der Waals surface area contributed by atoms with Gasteiger partial charge in [-0.05, 0) is 20.3 Å². The predicted molar refractivity (Wildman–Crippen MR) is 48.3 cm³/mol. The monoisotopic (exact) mass is 157 g/mol. The van der Waals surface area contributed by atoms with Gasteiger partial charge in [0, 0.05) is 0 Å². The normalized spacial score (nSPS) is 18.1. The molecule has 11 heavy (non-hydrogen) atoms. The minimum atomic E-state index is -0.379. The Labute approximate surface area is 69.1 Å². The first kappa shape index (κ1) is 10.7. The average Bonchev–Trinajstić information content (AvgIpc) is 2.02. The lowest BCUT2D eigenvalue weighted by Crippen LogP contribution is -2.35. The zero-order valence-corrected chi connectivity index (χ0v) is 7.67. The molecule has 2 heteroatoms. The molecule has 0 fully saturated rings. The molecule has 0 spiro atoms. The molecular weight excluding hydrogens is 138 g/mol.